The number of rotatable bonds is 1. The topological polar surface area (TPSA) is 0 Å². The highest BCUT2D eigenvalue weighted by molar-refractivity contribution is 6.21. The molecule has 0 saturated heterocycles. The van der Waals surface area contributed by atoms with E-state index in [1.807, 2.05) is 0 Å². The maximum Gasteiger partial charge on any atom is 0.0413 e. The standard InChI is InChI=1S/C13H15Cl/c1-2-8-11-7-12(14)13(8)10-6-4-3-5-9(10)11/h3-6,8,11-13H,2,7H2,1H3. The summed E-state index contributed by atoms with van der Waals surface area (Å²) in [6.07, 6.45) is 2.47. The smallest absolute Gasteiger partial charge is 0.0413 e. The Hall–Kier alpha value is -0.490. The van der Waals surface area contributed by atoms with Gasteiger partial charge in [0.2, 0.25) is 0 Å². The molecule has 1 saturated carbocycles. The van der Waals surface area contributed by atoms with E-state index in [0.717, 1.165) is 11.8 Å². The first-order valence-corrected chi connectivity index (χ1v) is 5.99. The maximum absolute atomic E-state index is 6.41. The molecule has 0 spiro atoms. The molecular weight excluding hydrogens is 192 g/mol. The van der Waals surface area contributed by atoms with Gasteiger partial charge in [0.1, 0.15) is 0 Å². The van der Waals surface area contributed by atoms with E-state index in [2.05, 4.69) is 31.2 Å². The van der Waals surface area contributed by atoms with Crippen LogP contribution < -0.4 is 0 Å². The largest absolute Gasteiger partial charge is 0.122 e. The maximum atomic E-state index is 6.41. The molecular formula is C13H15Cl. The molecule has 2 bridgehead atoms. The Morgan fingerprint density at radius 2 is 2.00 bits per heavy atom. The molecule has 0 aromatic heterocycles. The molecule has 2 aliphatic carbocycles. The molecule has 1 aromatic carbocycles. The summed E-state index contributed by atoms with van der Waals surface area (Å²) in [5.74, 6) is 2.21. The summed E-state index contributed by atoms with van der Waals surface area (Å²) >= 11 is 6.41. The molecule has 74 valence electrons. The van der Waals surface area contributed by atoms with Crippen molar-refractivity contribution in [2.45, 2.75) is 37.0 Å². The highest BCUT2D eigenvalue weighted by atomic mass is 35.5. The zero-order valence-corrected chi connectivity index (χ0v) is 9.17. The van der Waals surface area contributed by atoms with E-state index in [1.54, 1.807) is 5.56 Å². The van der Waals surface area contributed by atoms with Gasteiger partial charge in [0.05, 0.1) is 0 Å². The third-order valence-corrected chi connectivity index (χ3v) is 4.52. The lowest BCUT2D eigenvalue weighted by Gasteiger charge is -2.19. The van der Waals surface area contributed by atoms with E-state index in [1.165, 1.54) is 18.4 Å². The van der Waals surface area contributed by atoms with Crippen molar-refractivity contribution in [2.24, 2.45) is 5.92 Å². The molecule has 1 fully saturated rings. The summed E-state index contributed by atoms with van der Waals surface area (Å²) in [5, 5.41) is 0.389. The van der Waals surface area contributed by atoms with Gasteiger partial charge in [-0.2, -0.15) is 0 Å². The first-order chi connectivity index (χ1) is 6.83. The van der Waals surface area contributed by atoms with E-state index in [9.17, 15) is 0 Å². The summed E-state index contributed by atoms with van der Waals surface area (Å²) in [6, 6.07) is 8.88. The Kier molecular flexibility index (Phi) is 1.88. The van der Waals surface area contributed by atoms with Gasteiger partial charge in [-0.05, 0) is 29.4 Å². The second kappa shape index (κ2) is 3.00. The van der Waals surface area contributed by atoms with Gasteiger partial charge in [0.25, 0.3) is 0 Å². The Balaban J connectivity index is 2.12. The van der Waals surface area contributed by atoms with Crippen LogP contribution in [-0.2, 0) is 0 Å². The Morgan fingerprint density at radius 1 is 1.29 bits per heavy atom. The molecule has 3 rings (SSSR count). The lowest BCUT2D eigenvalue weighted by Crippen LogP contribution is -2.10. The van der Waals surface area contributed by atoms with Gasteiger partial charge in [-0.15, -0.1) is 11.6 Å². The van der Waals surface area contributed by atoms with Gasteiger partial charge < -0.3 is 0 Å². The van der Waals surface area contributed by atoms with Crippen LogP contribution in [0.5, 0.6) is 0 Å². The summed E-state index contributed by atoms with van der Waals surface area (Å²) in [4.78, 5) is 0. The highest BCUT2D eigenvalue weighted by Gasteiger charge is 2.49. The van der Waals surface area contributed by atoms with Gasteiger partial charge in [-0.1, -0.05) is 37.6 Å². The van der Waals surface area contributed by atoms with Crippen molar-refractivity contribution in [3.8, 4) is 0 Å². The van der Waals surface area contributed by atoms with Gasteiger partial charge in [-0.3, -0.25) is 0 Å². The van der Waals surface area contributed by atoms with Crippen molar-refractivity contribution in [1.82, 2.24) is 0 Å². The number of hydrogen-bond acceptors (Lipinski definition) is 0. The number of benzene rings is 1. The van der Waals surface area contributed by atoms with Crippen molar-refractivity contribution >= 4 is 11.6 Å². The molecule has 0 nitrogen and oxygen atoms in total. The molecule has 1 aromatic rings. The van der Waals surface area contributed by atoms with Crippen LogP contribution >= 0.6 is 11.6 Å². The van der Waals surface area contributed by atoms with Gasteiger partial charge in [-0.25, -0.2) is 0 Å². The first-order valence-electron chi connectivity index (χ1n) is 5.55. The van der Waals surface area contributed by atoms with Crippen LogP contribution in [0.1, 0.15) is 42.7 Å². The molecule has 4 unspecified atom stereocenters. The van der Waals surface area contributed by atoms with Crippen molar-refractivity contribution < 1.29 is 0 Å². The van der Waals surface area contributed by atoms with E-state index in [4.69, 9.17) is 11.6 Å². The van der Waals surface area contributed by atoms with E-state index >= 15 is 0 Å². The molecule has 0 N–H and O–H groups in total. The van der Waals surface area contributed by atoms with Crippen molar-refractivity contribution in [3.63, 3.8) is 0 Å². The minimum Gasteiger partial charge on any atom is -0.122 e. The van der Waals surface area contributed by atoms with Gasteiger partial charge >= 0.3 is 0 Å². The summed E-state index contributed by atoms with van der Waals surface area (Å²) in [7, 11) is 0. The van der Waals surface area contributed by atoms with Crippen molar-refractivity contribution in [1.29, 1.82) is 0 Å². The molecule has 0 amide bonds. The van der Waals surface area contributed by atoms with E-state index in [0.29, 0.717) is 11.3 Å². The number of halogens is 1. The molecule has 0 aliphatic heterocycles. The Morgan fingerprint density at radius 3 is 2.71 bits per heavy atom. The number of fused-ring (bicyclic) bond motifs is 5. The third kappa shape index (κ3) is 0.954. The van der Waals surface area contributed by atoms with E-state index < -0.39 is 0 Å². The fourth-order valence-electron chi connectivity index (χ4n) is 3.56. The number of hydrogen-bond donors (Lipinski definition) is 0. The summed E-state index contributed by atoms with van der Waals surface area (Å²) in [5.41, 5.74) is 3.12. The van der Waals surface area contributed by atoms with E-state index in [-0.39, 0.29) is 0 Å². The van der Waals surface area contributed by atoms with Gasteiger partial charge in [0, 0.05) is 11.3 Å². The normalized spacial score (nSPS) is 38.7. The molecule has 2 aliphatic rings. The number of alkyl halides is 1. The van der Waals surface area contributed by atoms with Crippen molar-refractivity contribution in [2.75, 3.05) is 0 Å². The molecule has 1 heteroatoms. The summed E-state index contributed by atoms with van der Waals surface area (Å²) in [6.45, 7) is 2.30. The first kappa shape index (κ1) is 8.79. The minimum absolute atomic E-state index is 0.389. The zero-order chi connectivity index (χ0) is 9.71. The third-order valence-electron chi connectivity index (χ3n) is 4.07. The molecule has 0 radical (unpaired) electrons. The minimum atomic E-state index is 0.389. The average molecular weight is 207 g/mol. The van der Waals surface area contributed by atoms with Crippen LogP contribution in [0.15, 0.2) is 24.3 Å². The Labute approximate surface area is 90.3 Å². The van der Waals surface area contributed by atoms with Crippen LogP contribution in [0.2, 0.25) is 0 Å². The Bertz CT molecular complexity index is 358. The van der Waals surface area contributed by atoms with Crippen LogP contribution in [0, 0.1) is 5.92 Å². The predicted molar refractivity (Wildman–Crippen MR) is 60.0 cm³/mol. The predicted octanol–water partition coefficient (Wildman–Crippen LogP) is 3.90. The van der Waals surface area contributed by atoms with Crippen molar-refractivity contribution in [3.05, 3.63) is 35.4 Å². The second-order valence-electron chi connectivity index (χ2n) is 4.58. The lowest BCUT2D eigenvalue weighted by atomic mass is 9.92. The zero-order valence-electron chi connectivity index (χ0n) is 8.41. The van der Waals surface area contributed by atoms with Gasteiger partial charge in [0.15, 0.2) is 0 Å². The monoisotopic (exact) mass is 206 g/mol. The molecule has 4 atom stereocenters. The summed E-state index contributed by atoms with van der Waals surface area (Å²) < 4.78 is 0. The fraction of sp³-hybridized carbons (Fsp3) is 0.538. The van der Waals surface area contributed by atoms with Crippen LogP contribution in [0.4, 0.5) is 0 Å². The SMILES string of the molecule is CCC1C2CC(Cl)C1c1ccccc12. The second-order valence-corrected chi connectivity index (χ2v) is 5.15. The quantitative estimate of drug-likeness (QED) is 0.612. The van der Waals surface area contributed by atoms with Crippen LogP contribution in [0.3, 0.4) is 0 Å². The molecule has 0 heterocycles. The molecule has 14 heavy (non-hydrogen) atoms. The highest BCUT2D eigenvalue weighted by Crippen LogP contribution is 2.59. The van der Waals surface area contributed by atoms with Crippen LogP contribution in [-0.4, -0.2) is 5.38 Å². The average Bonchev–Trinajstić information content (AvgIpc) is 2.69. The fourth-order valence-corrected chi connectivity index (χ4v) is 4.07. The van der Waals surface area contributed by atoms with Crippen LogP contribution in [0.25, 0.3) is 0 Å². The lowest BCUT2D eigenvalue weighted by molar-refractivity contribution is 0.466.